The number of amides is 2. The molecule has 6 heteroatoms. The normalized spacial score (nSPS) is 13.1. The molecule has 0 saturated carbocycles. The van der Waals surface area contributed by atoms with Gasteiger partial charge >= 0.3 is 0 Å². The van der Waals surface area contributed by atoms with Gasteiger partial charge < -0.3 is 14.8 Å². The van der Waals surface area contributed by atoms with Gasteiger partial charge in [-0.1, -0.05) is 37.6 Å². The van der Waals surface area contributed by atoms with Crippen molar-refractivity contribution < 1.29 is 9.59 Å². The Balaban J connectivity index is 1.81. The number of rotatable bonds is 7. The van der Waals surface area contributed by atoms with Crippen LogP contribution in [-0.2, 0) is 19.5 Å². The first-order valence-electron chi connectivity index (χ1n) is 10.2. The number of carbonyl (C=O) groups excluding carboxylic acids is 2. The maximum absolute atomic E-state index is 12.9. The lowest BCUT2D eigenvalue weighted by molar-refractivity contribution is 0.0786. The predicted molar refractivity (Wildman–Crippen MR) is 109 cm³/mol. The Morgan fingerprint density at radius 2 is 2.04 bits per heavy atom. The molecule has 2 aromatic rings. The average Bonchev–Trinajstić information content (AvgIpc) is 3.10. The van der Waals surface area contributed by atoms with Crippen LogP contribution >= 0.6 is 0 Å². The monoisotopic (exact) mass is 382 g/mol. The van der Waals surface area contributed by atoms with Gasteiger partial charge in [0.25, 0.3) is 11.8 Å². The highest BCUT2D eigenvalue weighted by atomic mass is 16.2. The van der Waals surface area contributed by atoms with Gasteiger partial charge in [-0.05, 0) is 43.7 Å². The topological polar surface area (TPSA) is 67.2 Å². The smallest absolute Gasteiger partial charge is 0.287 e. The number of hydrogen-bond donors (Lipinski definition) is 1. The van der Waals surface area contributed by atoms with Crippen LogP contribution in [0.5, 0.6) is 0 Å². The summed E-state index contributed by atoms with van der Waals surface area (Å²) in [6.07, 6.45) is 4.81. The first-order chi connectivity index (χ1) is 13.5. The van der Waals surface area contributed by atoms with Gasteiger partial charge in [-0.2, -0.15) is 0 Å². The third kappa shape index (κ3) is 4.26. The molecular formula is C22H30N4O2. The Morgan fingerprint density at radius 3 is 2.79 bits per heavy atom. The van der Waals surface area contributed by atoms with E-state index in [2.05, 4.69) is 17.2 Å². The standard InChI is InChI=1S/C22H30N4O2/c1-4-5-13-25(3)22(28)19-18-12-8-9-14-26(18)20(24-19)21(27)23-15-17-11-7-6-10-16(17)2/h6-7,10-11H,4-5,8-9,12-15H2,1-3H3,(H,23,27). The van der Waals surface area contributed by atoms with Gasteiger partial charge in [0, 0.05) is 26.7 Å². The fourth-order valence-corrected chi connectivity index (χ4v) is 3.63. The number of nitrogens with zero attached hydrogens (tertiary/aromatic N) is 3. The van der Waals surface area contributed by atoms with Gasteiger partial charge in [0.15, 0.2) is 5.82 Å². The van der Waals surface area contributed by atoms with E-state index in [1.807, 2.05) is 42.8 Å². The van der Waals surface area contributed by atoms with E-state index in [1.54, 1.807) is 4.90 Å². The zero-order valence-electron chi connectivity index (χ0n) is 17.1. The number of unbranched alkanes of at least 4 members (excludes halogenated alkanes) is 1. The van der Waals surface area contributed by atoms with Crippen LogP contribution in [0.3, 0.4) is 0 Å². The third-order valence-corrected chi connectivity index (χ3v) is 5.42. The first kappa shape index (κ1) is 20.1. The van der Waals surface area contributed by atoms with E-state index in [1.165, 1.54) is 0 Å². The van der Waals surface area contributed by atoms with Crippen LogP contribution in [0.25, 0.3) is 0 Å². The molecule has 0 bridgehead atoms. The molecule has 0 fully saturated rings. The number of benzene rings is 1. The highest BCUT2D eigenvalue weighted by molar-refractivity contribution is 5.97. The Labute approximate surface area is 166 Å². The summed E-state index contributed by atoms with van der Waals surface area (Å²) in [7, 11) is 1.81. The molecule has 0 atom stereocenters. The Kier molecular flexibility index (Phi) is 6.49. The van der Waals surface area contributed by atoms with Gasteiger partial charge in [0.1, 0.15) is 5.69 Å². The predicted octanol–water partition coefficient (Wildman–Crippen LogP) is 3.33. The van der Waals surface area contributed by atoms with Crippen molar-refractivity contribution in [2.75, 3.05) is 13.6 Å². The summed E-state index contributed by atoms with van der Waals surface area (Å²) in [5, 5.41) is 2.97. The van der Waals surface area contributed by atoms with Crippen molar-refractivity contribution in [1.29, 1.82) is 0 Å². The van der Waals surface area contributed by atoms with E-state index in [0.717, 1.165) is 55.5 Å². The highest BCUT2D eigenvalue weighted by Gasteiger charge is 2.28. The van der Waals surface area contributed by atoms with Crippen LogP contribution in [0, 0.1) is 6.92 Å². The van der Waals surface area contributed by atoms with Crippen LogP contribution in [0.15, 0.2) is 24.3 Å². The number of imidazole rings is 1. The van der Waals surface area contributed by atoms with E-state index in [-0.39, 0.29) is 11.8 Å². The number of carbonyl (C=O) groups is 2. The number of aryl methyl sites for hydroxylation is 1. The summed E-state index contributed by atoms with van der Waals surface area (Å²) in [6, 6.07) is 7.99. The number of hydrogen-bond acceptors (Lipinski definition) is 3. The first-order valence-corrected chi connectivity index (χ1v) is 10.2. The minimum atomic E-state index is -0.221. The Hall–Kier alpha value is -2.63. The molecule has 0 saturated heterocycles. The minimum absolute atomic E-state index is 0.0861. The molecule has 1 aliphatic rings. The van der Waals surface area contributed by atoms with Crippen molar-refractivity contribution in [3.05, 3.63) is 52.6 Å². The lowest BCUT2D eigenvalue weighted by Crippen LogP contribution is -2.29. The van der Waals surface area contributed by atoms with Crippen molar-refractivity contribution in [1.82, 2.24) is 19.8 Å². The lowest BCUT2D eigenvalue weighted by atomic mass is 10.1. The molecule has 0 spiro atoms. The second-order valence-electron chi connectivity index (χ2n) is 7.53. The summed E-state index contributed by atoms with van der Waals surface area (Å²) in [5.74, 6) is 0.0502. The SMILES string of the molecule is CCCCN(C)C(=O)c1nc(C(=O)NCc2ccccc2C)n2c1CCCC2. The van der Waals surface area contributed by atoms with Gasteiger partial charge in [-0.3, -0.25) is 9.59 Å². The molecular weight excluding hydrogens is 352 g/mol. The molecule has 0 radical (unpaired) electrons. The maximum atomic E-state index is 12.9. The van der Waals surface area contributed by atoms with Crippen LogP contribution in [0.2, 0.25) is 0 Å². The van der Waals surface area contributed by atoms with Gasteiger partial charge in [-0.15, -0.1) is 0 Å². The van der Waals surface area contributed by atoms with E-state index in [4.69, 9.17) is 0 Å². The van der Waals surface area contributed by atoms with Crippen molar-refractivity contribution in [3.8, 4) is 0 Å². The van der Waals surface area contributed by atoms with Crippen molar-refractivity contribution >= 4 is 11.8 Å². The third-order valence-electron chi connectivity index (χ3n) is 5.42. The van der Waals surface area contributed by atoms with Crippen molar-refractivity contribution in [3.63, 3.8) is 0 Å². The molecule has 1 N–H and O–H groups in total. The molecule has 2 heterocycles. The van der Waals surface area contributed by atoms with Crippen molar-refractivity contribution in [2.45, 2.75) is 59.0 Å². The molecule has 0 aliphatic carbocycles. The Bertz CT molecular complexity index is 856. The van der Waals surface area contributed by atoms with E-state index >= 15 is 0 Å². The molecule has 2 amide bonds. The Morgan fingerprint density at radius 1 is 1.25 bits per heavy atom. The highest BCUT2D eigenvalue weighted by Crippen LogP contribution is 2.22. The van der Waals surface area contributed by atoms with Crippen LogP contribution in [-0.4, -0.2) is 39.9 Å². The summed E-state index contributed by atoms with van der Waals surface area (Å²) in [6.45, 7) is 6.03. The van der Waals surface area contributed by atoms with Gasteiger partial charge in [0.2, 0.25) is 0 Å². The van der Waals surface area contributed by atoms with E-state index in [0.29, 0.717) is 24.6 Å². The van der Waals surface area contributed by atoms with Crippen LogP contribution in [0.1, 0.15) is 70.5 Å². The number of fused-ring (bicyclic) bond motifs is 1. The summed E-state index contributed by atoms with van der Waals surface area (Å²) >= 11 is 0. The summed E-state index contributed by atoms with van der Waals surface area (Å²) in [5.41, 5.74) is 3.57. The second kappa shape index (κ2) is 9.04. The molecule has 1 aromatic heterocycles. The second-order valence-corrected chi connectivity index (χ2v) is 7.53. The van der Waals surface area contributed by atoms with Gasteiger partial charge in [-0.25, -0.2) is 4.98 Å². The fourth-order valence-electron chi connectivity index (χ4n) is 3.63. The summed E-state index contributed by atoms with van der Waals surface area (Å²) < 4.78 is 1.94. The molecule has 3 rings (SSSR count). The van der Waals surface area contributed by atoms with Crippen molar-refractivity contribution in [2.24, 2.45) is 0 Å². The molecule has 150 valence electrons. The molecule has 0 unspecified atom stereocenters. The number of aromatic nitrogens is 2. The van der Waals surface area contributed by atoms with E-state index in [9.17, 15) is 9.59 Å². The zero-order valence-corrected chi connectivity index (χ0v) is 17.1. The summed E-state index contributed by atoms with van der Waals surface area (Å²) in [4.78, 5) is 32.0. The molecule has 1 aliphatic heterocycles. The minimum Gasteiger partial charge on any atom is -0.345 e. The van der Waals surface area contributed by atoms with E-state index < -0.39 is 0 Å². The molecule has 6 nitrogen and oxygen atoms in total. The maximum Gasteiger partial charge on any atom is 0.287 e. The number of nitrogens with one attached hydrogen (secondary N) is 1. The largest absolute Gasteiger partial charge is 0.345 e. The lowest BCUT2D eigenvalue weighted by Gasteiger charge is -2.19. The molecule has 1 aromatic carbocycles. The quantitative estimate of drug-likeness (QED) is 0.799. The fraction of sp³-hybridized carbons (Fsp3) is 0.500. The average molecular weight is 383 g/mol. The van der Waals surface area contributed by atoms with Crippen LogP contribution < -0.4 is 5.32 Å². The zero-order chi connectivity index (χ0) is 20.1. The van der Waals surface area contributed by atoms with Crippen LogP contribution in [0.4, 0.5) is 0 Å². The van der Waals surface area contributed by atoms with Gasteiger partial charge in [0.05, 0.1) is 5.69 Å². The molecule has 28 heavy (non-hydrogen) atoms.